The monoisotopic (exact) mass is 544 g/mol. The third-order valence-corrected chi connectivity index (χ3v) is 6.16. The van der Waals surface area contributed by atoms with Crippen molar-refractivity contribution in [1.29, 1.82) is 5.26 Å². The number of benzene rings is 2. The van der Waals surface area contributed by atoms with Gasteiger partial charge in [0.1, 0.15) is 5.82 Å². The number of nitriles is 1. The molecular formula is C19H14F6N2O6S2. The second kappa shape index (κ2) is 11.0. The minimum absolute atomic E-state index is 0.203. The van der Waals surface area contributed by atoms with Crippen molar-refractivity contribution in [3.05, 3.63) is 59.4 Å². The largest absolute Gasteiger partial charge is 0.458 e. The number of carbonyl (C=O) groups is 1. The van der Waals surface area contributed by atoms with Gasteiger partial charge in [-0.3, -0.25) is 4.79 Å². The summed E-state index contributed by atoms with van der Waals surface area (Å²) in [5, 5.41) is 21.0. The molecule has 0 saturated carbocycles. The van der Waals surface area contributed by atoms with Crippen molar-refractivity contribution in [3.63, 3.8) is 0 Å². The molecule has 16 heteroatoms. The third kappa shape index (κ3) is 7.34. The number of sulfone groups is 1. The Morgan fingerprint density at radius 1 is 1.09 bits per heavy atom. The standard InChI is InChI=1S/C19H14F6N2O4S.O2S/c1-17(29,10-32(30,31)14-6-3-12(20)4-7-14)16(28)27-13-5-2-11(9-26)15(8-13)18(21,22)19(23,24)25;1-3-2/h2-8,29H,10H2,1H3,(H,27,28);. The Bertz CT molecular complexity index is 1270. The fourth-order valence-electron chi connectivity index (χ4n) is 2.56. The van der Waals surface area contributed by atoms with E-state index in [1.54, 1.807) is 0 Å². The molecule has 0 bridgehead atoms. The molecule has 0 aliphatic heterocycles. The molecule has 0 aliphatic rings. The number of alkyl halides is 5. The second-order valence-electron chi connectivity index (χ2n) is 6.95. The highest BCUT2D eigenvalue weighted by atomic mass is 32.2. The van der Waals surface area contributed by atoms with Gasteiger partial charge in [-0.2, -0.15) is 35.6 Å². The number of carbonyl (C=O) groups excluding carboxylic acids is 1. The van der Waals surface area contributed by atoms with E-state index in [1.807, 2.05) is 5.32 Å². The highest BCUT2D eigenvalue weighted by Crippen LogP contribution is 2.45. The molecule has 2 aromatic rings. The Hall–Kier alpha value is -3.29. The highest BCUT2D eigenvalue weighted by Gasteiger charge is 2.59. The van der Waals surface area contributed by atoms with Gasteiger partial charge in [0.15, 0.2) is 15.4 Å². The smallest absolute Gasteiger partial charge is 0.379 e. The molecule has 1 unspecified atom stereocenters. The maximum absolute atomic E-state index is 13.8. The zero-order valence-corrected chi connectivity index (χ0v) is 18.9. The highest BCUT2D eigenvalue weighted by molar-refractivity contribution is 7.91. The Morgan fingerprint density at radius 3 is 2.06 bits per heavy atom. The van der Waals surface area contributed by atoms with Gasteiger partial charge in [0.2, 0.25) is 0 Å². The number of nitrogens with zero attached hydrogens (tertiary/aromatic N) is 1. The summed E-state index contributed by atoms with van der Waals surface area (Å²) in [7, 11) is -4.32. The Labute approximate surface area is 197 Å². The zero-order chi connectivity index (χ0) is 27.2. The molecule has 2 aromatic carbocycles. The molecular weight excluding hydrogens is 530 g/mol. The minimum Gasteiger partial charge on any atom is -0.379 e. The van der Waals surface area contributed by atoms with E-state index in [1.165, 1.54) is 6.07 Å². The first-order valence-electron chi connectivity index (χ1n) is 8.86. The molecule has 1 amide bonds. The lowest BCUT2D eigenvalue weighted by Crippen LogP contribution is -2.45. The third-order valence-electron chi connectivity index (χ3n) is 4.23. The zero-order valence-electron chi connectivity index (χ0n) is 17.3. The van der Waals surface area contributed by atoms with Crippen molar-refractivity contribution in [2.24, 2.45) is 0 Å². The average molecular weight is 544 g/mol. The molecule has 2 N–H and O–H groups in total. The maximum Gasteiger partial charge on any atom is 0.458 e. The molecule has 35 heavy (non-hydrogen) atoms. The van der Waals surface area contributed by atoms with E-state index in [0.717, 1.165) is 37.3 Å². The van der Waals surface area contributed by atoms with Crippen molar-refractivity contribution in [2.45, 2.75) is 29.5 Å². The van der Waals surface area contributed by atoms with E-state index in [-0.39, 0.29) is 6.07 Å². The fraction of sp³-hybridized carbons (Fsp3) is 0.263. The first-order valence-corrected chi connectivity index (χ1v) is 11.2. The Balaban J connectivity index is 0.00000194. The summed E-state index contributed by atoms with van der Waals surface area (Å²) < 4.78 is 120. The van der Waals surface area contributed by atoms with Crippen molar-refractivity contribution >= 4 is 33.0 Å². The minimum atomic E-state index is -6.03. The Morgan fingerprint density at radius 2 is 1.60 bits per heavy atom. The predicted molar refractivity (Wildman–Crippen MR) is 108 cm³/mol. The summed E-state index contributed by atoms with van der Waals surface area (Å²) in [4.78, 5) is 11.9. The van der Waals surface area contributed by atoms with Crippen LogP contribution in [0.4, 0.5) is 32.0 Å². The topological polar surface area (TPSA) is 141 Å². The summed E-state index contributed by atoms with van der Waals surface area (Å²) in [6.07, 6.45) is -6.03. The molecule has 0 aromatic heterocycles. The maximum atomic E-state index is 13.8. The van der Waals surface area contributed by atoms with Crippen LogP contribution >= 0.6 is 0 Å². The number of halogens is 6. The van der Waals surface area contributed by atoms with E-state index >= 15 is 0 Å². The number of anilines is 1. The number of aliphatic hydroxyl groups is 1. The van der Waals surface area contributed by atoms with Crippen LogP contribution in [0.2, 0.25) is 0 Å². The molecule has 2 rings (SSSR count). The number of amides is 1. The lowest BCUT2D eigenvalue weighted by atomic mass is 10.0. The Kier molecular flexibility index (Phi) is 9.32. The van der Waals surface area contributed by atoms with Crippen LogP contribution in [0.25, 0.3) is 0 Å². The van der Waals surface area contributed by atoms with Gasteiger partial charge >= 0.3 is 23.7 Å². The summed E-state index contributed by atoms with van der Waals surface area (Å²) in [6, 6.07) is 6.28. The summed E-state index contributed by atoms with van der Waals surface area (Å²) in [5.41, 5.74) is -6.04. The van der Waals surface area contributed by atoms with Crippen molar-refractivity contribution in [1.82, 2.24) is 0 Å². The van der Waals surface area contributed by atoms with Crippen LogP contribution in [0.15, 0.2) is 47.4 Å². The number of nitrogens with one attached hydrogen (secondary N) is 1. The first kappa shape index (κ1) is 29.7. The van der Waals surface area contributed by atoms with Crippen LogP contribution in [-0.2, 0) is 32.1 Å². The quantitative estimate of drug-likeness (QED) is 0.421. The van der Waals surface area contributed by atoms with Gasteiger partial charge in [-0.25, -0.2) is 12.8 Å². The van der Waals surface area contributed by atoms with Crippen molar-refractivity contribution in [2.75, 3.05) is 11.1 Å². The van der Waals surface area contributed by atoms with Crippen LogP contribution in [-0.4, -0.2) is 45.4 Å². The van der Waals surface area contributed by atoms with Gasteiger partial charge in [0.25, 0.3) is 5.91 Å². The van der Waals surface area contributed by atoms with Gasteiger partial charge in [-0.1, -0.05) is 0 Å². The van der Waals surface area contributed by atoms with Gasteiger partial charge < -0.3 is 10.4 Å². The number of hydrogen-bond acceptors (Lipinski definition) is 7. The number of rotatable bonds is 6. The predicted octanol–water partition coefficient (Wildman–Crippen LogP) is 2.84. The van der Waals surface area contributed by atoms with E-state index < -0.39 is 78.3 Å². The molecule has 0 radical (unpaired) electrons. The van der Waals surface area contributed by atoms with Gasteiger partial charge in [-0.15, -0.1) is 0 Å². The molecule has 0 aliphatic carbocycles. The van der Waals surface area contributed by atoms with Crippen LogP contribution < -0.4 is 5.32 Å². The molecule has 0 heterocycles. The van der Waals surface area contributed by atoms with Gasteiger partial charge in [0.05, 0.1) is 27.8 Å². The van der Waals surface area contributed by atoms with Crippen LogP contribution in [0.3, 0.4) is 0 Å². The fourth-order valence-corrected chi connectivity index (χ4v) is 4.15. The van der Waals surface area contributed by atoms with Crippen LogP contribution in [0, 0.1) is 17.1 Å². The summed E-state index contributed by atoms with van der Waals surface area (Å²) in [6.45, 7) is 0.776. The van der Waals surface area contributed by atoms with Gasteiger partial charge in [-0.05, 0) is 49.4 Å². The van der Waals surface area contributed by atoms with Crippen LogP contribution in [0.5, 0.6) is 0 Å². The lowest BCUT2D eigenvalue weighted by Gasteiger charge is -2.24. The summed E-state index contributed by atoms with van der Waals surface area (Å²) >= 11 is -0.750. The second-order valence-corrected chi connectivity index (χ2v) is 9.08. The van der Waals surface area contributed by atoms with Gasteiger partial charge in [0, 0.05) is 5.69 Å². The molecule has 0 saturated heterocycles. The molecule has 0 fully saturated rings. The molecule has 1 atom stereocenters. The lowest BCUT2D eigenvalue weighted by molar-refractivity contribution is -0.289. The number of hydrogen-bond donors (Lipinski definition) is 2. The molecule has 0 spiro atoms. The van der Waals surface area contributed by atoms with E-state index in [0.29, 0.717) is 6.07 Å². The van der Waals surface area contributed by atoms with E-state index in [4.69, 9.17) is 13.7 Å². The van der Waals surface area contributed by atoms with E-state index in [9.17, 15) is 44.7 Å². The summed E-state index contributed by atoms with van der Waals surface area (Å²) in [5.74, 6) is -8.80. The molecule has 190 valence electrons. The average Bonchev–Trinajstić information content (AvgIpc) is 2.73. The first-order chi connectivity index (χ1) is 15.9. The van der Waals surface area contributed by atoms with Crippen LogP contribution in [0.1, 0.15) is 18.1 Å². The molecule has 8 nitrogen and oxygen atoms in total. The van der Waals surface area contributed by atoms with Crippen molar-refractivity contribution in [3.8, 4) is 6.07 Å². The van der Waals surface area contributed by atoms with E-state index in [2.05, 4.69) is 0 Å². The normalized spacial score (nSPS) is 13.5. The van der Waals surface area contributed by atoms with Crippen molar-refractivity contribution < 1.29 is 53.1 Å². The SMILES string of the molecule is CC(O)(CS(=O)(=O)c1ccc(F)cc1)C(=O)Nc1ccc(C#N)c(C(F)(F)C(F)(F)F)c1.O=S=O.